The summed E-state index contributed by atoms with van der Waals surface area (Å²) in [6.07, 6.45) is -5.23. The summed E-state index contributed by atoms with van der Waals surface area (Å²) in [6.45, 7) is 1.75. The van der Waals surface area contributed by atoms with Gasteiger partial charge in [0.05, 0.1) is 32.5 Å². The zero-order valence-corrected chi connectivity index (χ0v) is 19.2. The van der Waals surface area contributed by atoms with E-state index in [1.54, 1.807) is 19.1 Å². The molecule has 0 aliphatic carbocycles. The van der Waals surface area contributed by atoms with Gasteiger partial charge in [0.1, 0.15) is 22.4 Å². The summed E-state index contributed by atoms with van der Waals surface area (Å²) < 4.78 is 57.9. The molecule has 0 aliphatic rings. The Bertz CT molecular complexity index is 1550. The van der Waals surface area contributed by atoms with Gasteiger partial charge in [-0.3, -0.25) is 15.1 Å². The molecule has 0 unspecified atom stereocenters. The predicted octanol–water partition coefficient (Wildman–Crippen LogP) is 3.41. The summed E-state index contributed by atoms with van der Waals surface area (Å²) in [4.78, 5) is 39.5. The summed E-state index contributed by atoms with van der Waals surface area (Å²) in [6, 6.07) is 5.65. The number of ether oxygens (including phenoxy) is 4. The first kappa shape index (κ1) is 24.5. The van der Waals surface area contributed by atoms with E-state index in [-0.39, 0.29) is 28.5 Å². The van der Waals surface area contributed by atoms with Crippen LogP contribution < -0.4 is 29.8 Å². The maximum Gasteiger partial charge on any atom is 0.491 e. The first-order valence-electron chi connectivity index (χ1n) is 10.1. The summed E-state index contributed by atoms with van der Waals surface area (Å²) in [5.74, 6) is -2.41. The van der Waals surface area contributed by atoms with Crippen molar-refractivity contribution in [3.8, 4) is 23.0 Å². The van der Waals surface area contributed by atoms with E-state index >= 15 is 0 Å². The van der Waals surface area contributed by atoms with E-state index in [2.05, 4.69) is 30.0 Å². The number of fused-ring (bicyclic) bond motifs is 2. The topological polar surface area (TPSA) is 138 Å². The molecule has 0 aliphatic heterocycles. The van der Waals surface area contributed by atoms with E-state index in [4.69, 9.17) is 14.2 Å². The van der Waals surface area contributed by atoms with Gasteiger partial charge in [0.15, 0.2) is 11.5 Å². The number of halogens is 3. The number of esters is 1. The molecule has 4 rings (SSSR count). The number of hydrogen-bond acceptors (Lipinski definition) is 10. The minimum Gasteiger partial charge on any atom is -0.497 e. The number of benzene rings is 2. The number of carbonyl (C=O) groups excluding carboxylic acids is 1. The molecule has 36 heavy (non-hydrogen) atoms. The molecule has 0 fully saturated rings. The van der Waals surface area contributed by atoms with E-state index in [1.807, 2.05) is 0 Å². The zero-order valence-electron chi connectivity index (χ0n) is 19.2. The Morgan fingerprint density at radius 2 is 1.75 bits per heavy atom. The van der Waals surface area contributed by atoms with Crippen molar-refractivity contribution >= 4 is 39.7 Å². The van der Waals surface area contributed by atoms with Gasteiger partial charge in [0.2, 0.25) is 11.9 Å². The average Bonchev–Trinajstić information content (AvgIpc) is 2.83. The Morgan fingerprint density at radius 3 is 2.39 bits per heavy atom. The molecule has 188 valence electrons. The zero-order chi connectivity index (χ0) is 26.2. The summed E-state index contributed by atoms with van der Waals surface area (Å²) in [7, 11) is 4.11. The van der Waals surface area contributed by atoms with Gasteiger partial charge >= 0.3 is 12.1 Å². The quantitative estimate of drug-likeness (QED) is 0.296. The summed E-state index contributed by atoms with van der Waals surface area (Å²) in [5.41, 5.74) is 0.337. The van der Waals surface area contributed by atoms with Gasteiger partial charge in [-0.05, 0) is 25.1 Å². The van der Waals surface area contributed by atoms with Gasteiger partial charge in [0, 0.05) is 11.5 Å². The number of alkyl halides is 3. The third kappa shape index (κ3) is 4.52. The van der Waals surface area contributed by atoms with E-state index in [0.29, 0.717) is 28.1 Å². The Labute approximate surface area is 200 Å². The van der Waals surface area contributed by atoms with Crippen LogP contribution in [0.4, 0.5) is 25.1 Å². The summed E-state index contributed by atoms with van der Waals surface area (Å²) in [5, 5.41) is 3.26. The lowest BCUT2D eigenvalue weighted by Gasteiger charge is -2.13. The maximum absolute atomic E-state index is 12.8. The molecule has 0 radical (unpaired) electrons. The van der Waals surface area contributed by atoms with Crippen LogP contribution in [0, 0.1) is 6.92 Å². The molecule has 11 nitrogen and oxygen atoms in total. The van der Waals surface area contributed by atoms with E-state index in [9.17, 15) is 22.8 Å². The average molecular weight is 505 g/mol. The van der Waals surface area contributed by atoms with Crippen molar-refractivity contribution < 1.29 is 36.9 Å². The molecule has 0 saturated heterocycles. The number of rotatable bonds is 6. The molecule has 0 spiro atoms. The van der Waals surface area contributed by atoms with Gasteiger partial charge in [-0.25, -0.2) is 19.7 Å². The molecular weight excluding hydrogens is 487 g/mol. The Morgan fingerprint density at radius 1 is 1.00 bits per heavy atom. The highest BCUT2D eigenvalue weighted by molar-refractivity contribution is 5.91. The number of hydrogen-bond donors (Lipinski definition) is 2. The highest BCUT2D eigenvalue weighted by Gasteiger charge is 2.42. The van der Waals surface area contributed by atoms with Gasteiger partial charge in [-0.1, -0.05) is 0 Å². The Hall–Kier alpha value is -4.62. The molecule has 2 N–H and O–H groups in total. The van der Waals surface area contributed by atoms with Crippen LogP contribution in [0.5, 0.6) is 23.0 Å². The molecule has 2 heterocycles. The van der Waals surface area contributed by atoms with Crippen LogP contribution in [-0.4, -0.2) is 53.4 Å². The monoisotopic (exact) mass is 505 g/mol. The number of aromatic amines is 1. The van der Waals surface area contributed by atoms with E-state index in [0.717, 1.165) is 13.2 Å². The number of methoxy groups -OCH3 is 3. The number of aryl methyl sites for hydroxylation is 1. The largest absolute Gasteiger partial charge is 0.497 e. The third-order valence-electron chi connectivity index (χ3n) is 5.04. The van der Waals surface area contributed by atoms with Crippen LogP contribution in [0.25, 0.3) is 21.8 Å². The highest BCUT2D eigenvalue weighted by atomic mass is 19.4. The lowest BCUT2D eigenvalue weighted by Crippen LogP contribution is -2.28. The molecule has 4 aromatic rings. The number of H-pyrrole nitrogens is 1. The highest BCUT2D eigenvalue weighted by Crippen LogP contribution is 2.35. The van der Waals surface area contributed by atoms with Crippen molar-refractivity contribution in [3.63, 3.8) is 0 Å². The minimum atomic E-state index is -5.23. The van der Waals surface area contributed by atoms with Crippen molar-refractivity contribution in [1.82, 2.24) is 19.9 Å². The van der Waals surface area contributed by atoms with Gasteiger partial charge in [0.25, 0.3) is 5.56 Å². The molecule has 2 aromatic carbocycles. The fourth-order valence-electron chi connectivity index (χ4n) is 3.44. The van der Waals surface area contributed by atoms with Crippen molar-refractivity contribution in [2.45, 2.75) is 13.1 Å². The smallest absolute Gasteiger partial charge is 0.491 e. The Kier molecular flexibility index (Phi) is 6.26. The number of anilines is 2. The second-order valence-electron chi connectivity index (χ2n) is 7.28. The second-order valence-corrected chi connectivity index (χ2v) is 7.28. The number of nitrogens with one attached hydrogen (secondary N) is 2. The molecule has 0 amide bonds. The fourth-order valence-corrected chi connectivity index (χ4v) is 3.44. The van der Waals surface area contributed by atoms with Crippen LogP contribution in [0.3, 0.4) is 0 Å². The standard InChI is InChI=1S/C22H18F3N5O6/c1-9-11-7-10(33-2)8-14(34-3)16(11)28-20(26-9)30-21-27-12-5-6-13(36-19(32)22(23,24)25)17(35-4)15(12)18(31)29-21/h5-8H,1-4H3,(H2,26,27,28,29,30,31). The fraction of sp³-hybridized carbons (Fsp3) is 0.227. The van der Waals surface area contributed by atoms with Gasteiger partial charge in [-0.15, -0.1) is 0 Å². The van der Waals surface area contributed by atoms with Gasteiger partial charge in [-0.2, -0.15) is 13.2 Å². The normalized spacial score (nSPS) is 11.4. The molecule has 0 saturated carbocycles. The van der Waals surface area contributed by atoms with Crippen molar-refractivity contribution in [2.24, 2.45) is 0 Å². The first-order chi connectivity index (χ1) is 17.0. The lowest BCUT2D eigenvalue weighted by atomic mass is 10.1. The predicted molar refractivity (Wildman–Crippen MR) is 121 cm³/mol. The van der Waals surface area contributed by atoms with Crippen LogP contribution in [0.1, 0.15) is 5.69 Å². The third-order valence-corrected chi connectivity index (χ3v) is 5.04. The second kappa shape index (κ2) is 9.20. The minimum absolute atomic E-state index is 0.0461. The molecule has 14 heteroatoms. The van der Waals surface area contributed by atoms with Crippen molar-refractivity contribution in [2.75, 3.05) is 26.6 Å². The van der Waals surface area contributed by atoms with Crippen molar-refractivity contribution in [1.29, 1.82) is 0 Å². The van der Waals surface area contributed by atoms with Crippen LogP contribution in [-0.2, 0) is 4.79 Å². The number of nitrogens with zero attached hydrogens (tertiary/aromatic N) is 3. The van der Waals surface area contributed by atoms with Crippen LogP contribution in [0.15, 0.2) is 29.1 Å². The summed E-state index contributed by atoms with van der Waals surface area (Å²) >= 11 is 0. The first-order valence-corrected chi connectivity index (χ1v) is 10.1. The van der Waals surface area contributed by atoms with Gasteiger partial charge < -0.3 is 18.9 Å². The Balaban J connectivity index is 1.75. The van der Waals surface area contributed by atoms with Crippen LogP contribution >= 0.6 is 0 Å². The maximum atomic E-state index is 12.8. The number of aromatic nitrogens is 4. The van der Waals surface area contributed by atoms with Crippen molar-refractivity contribution in [3.05, 3.63) is 40.3 Å². The molecule has 0 bridgehead atoms. The molecule has 0 atom stereocenters. The lowest BCUT2D eigenvalue weighted by molar-refractivity contribution is -0.189. The van der Waals surface area contributed by atoms with Crippen LogP contribution in [0.2, 0.25) is 0 Å². The molecular formula is C22H18F3N5O6. The number of carbonyl (C=O) groups is 1. The van der Waals surface area contributed by atoms with E-state index in [1.165, 1.54) is 20.3 Å². The molecule has 2 aromatic heterocycles. The SMILES string of the molecule is COc1cc(OC)c2nc(Nc3nc4ccc(OC(=O)C(F)(F)F)c(OC)c4c(=O)[nH]3)nc(C)c2c1. The van der Waals surface area contributed by atoms with E-state index < -0.39 is 23.5 Å².